The molecular weight excluding hydrogens is 447 g/mol. The van der Waals surface area contributed by atoms with Crippen LogP contribution in [-0.2, 0) is 10.0 Å². The van der Waals surface area contributed by atoms with Crippen molar-refractivity contribution < 1.29 is 17.6 Å². The highest BCUT2D eigenvalue weighted by Crippen LogP contribution is 2.26. The molecule has 0 bridgehead atoms. The Morgan fingerprint density at radius 2 is 1.79 bits per heavy atom. The molecule has 0 aliphatic heterocycles. The second kappa shape index (κ2) is 8.71. The molecule has 0 aromatic heterocycles. The number of hydrogen-bond donors (Lipinski definition) is 2. The van der Waals surface area contributed by atoms with Crippen molar-refractivity contribution in [3.63, 3.8) is 0 Å². The molecule has 1 amide bonds. The Bertz CT molecular complexity index is 964. The van der Waals surface area contributed by atoms with E-state index in [1.807, 2.05) is 6.92 Å². The average Bonchev–Trinajstić information content (AvgIpc) is 2.65. The minimum Gasteiger partial charge on any atom is -0.322 e. The van der Waals surface area contributed by atoms with E-state index in [9.17, 15) is 17.6 Å². The smallest absolute Gasteiger partial charge is 0.255 e. The summed E-state index contributed by atoms with van der Waals surface area (Å²) in [5.74, 6) is -1.20. The summed E-state index contributed by atoms with van der Waals surface area (Å²) in [5, 5.41) is 2.67. The first-order chi connectivity index (χ1) is 13.3. The third-order valence-corrected chi connectivity index (χ3v) is 7.04. The Morgan fingerprint density at radius 1 is 1.11 bits per heavy atom. The number of benzene rings is 2. The Kier molecular flexibility index (Phi) is 6.52. The highest BCUT2D eigenvalue weighted by Gasteiger charge is 2.29. The molecule has 28 heavy (non-hydrogen) atoms. The van der Waals surface area contributed by atoms with Crippen molar-refractivity contribution >= 4 is 37.5 Å². The largest absolute Gasteiger partial charge is 0.322 e. The van der Waals surface area contributed by atoms with Crippen LogP contribution in [0.2, 0.25) is 0 Å². The zero-order chi connectivity index (χ0) is 20.3. The molecule has 150 valence electrons. The Labute approximate surface area is 172 Å². The van der Waals surface area contributed by atoms with Crippen LogP contribution in [0.5, 0.6) is 0 Å². The highest BCUT2D eigenvalue weighted by molar-refractivity contribution is 9.10. The van der Waals surface area contributed by atoms with Gasteiger partial charge in [0, 0.05) is 21.8 Å². The van der Waals surface area contributed by atoms with Gasteiger partial charge in [0.2, 0.25) is 10.0 Å². The first-order valence-electron chi connectivity index (χ1n) is 9.15. The molecule has 1 aliphatic carbocycles. The average molecular weight is 469 g/mol. The number of amides is 1. The fourth-order valence-electron chi connectivity index (χ4n) is 3.34. The summed E-state index contributed by atoms with van der Waals surface area (Å²) in [7, 11) is -4.07. The van der Waals surface area contributed by atoms with Crippen LogP contribution in [0.3, 0.4) is 0 Å². The Hall–Kier alpha value is -1.77. The number of anilines is 1. The van der Waals surface area contributed by atoms with E-state index < -0.39 is 26.6 Å². The molecule has 0 saturated heterocycles. The van der Waals surface area contributed by atoms with E-state index in [0.29, 0.717) is 5.69 Å². The van der Waals surface area contributed by atoms with E-state index in [-0.39, 0.29) is 17.5 Å². The summed E-state index contributed by atoms with van der Waals surface area (Å²) in [5.41, 5.74) is 0.623. The number of halogens is 2. The Morgan fingerprint density at radius 3 is 2.46 bits per heavy atom. The van der Waals surface area contributed by atoms with Gasteiger partial charge in [-0.3, -0.25) is 4.79 Å². The van der Waals surface area contributed by atoms with E-state index >= 15 is 0 Å². The number of hydrogen-bond acceptors (Lipinski definition) is 3. The molecule has 1 saturated carbocycles. The van der Waals surface area contributed by atoms with Crippen LogP contribution < -0.4 is 10.0 Å². The van der Waals surface area contributed by atoms with Gasteiger partial charge in [0.15, 0.2) is 0 Å². The maximum atomic E-state index is 14.3. The van der Waals surface area contributed by atoms with Crippen molar-refractivity contribution in [2.75, 3.05) is 5.32 Å². The van der Waals surface area contributed by atoms with E-state index in [1.165, 1.54) is 6.07 Å². The van der Waals surface area contributed by atoms with E-state index in [0.717, 1.165) is 42.3 Å². The SMILES string of the molecule is C[C@H]1CCCC[C@@H]1NS(=O)(=O)c1cc(C(=O)Nc2ccc(Br)cc2)ccc1F. The second-order valence-electron chi connectivity index (χ2n) is 7.10. The lowest BCUT2D eigenvalue weighted by Gasteiger charge is -2.29. The number of nitrogens with one attached hydrogen (secondary N) is 2. The predicted molar refractivity (Wildman–Crippen MR) is 110 cm³/mol. The molecule has 5 nitrogen and oxygen atoms in total. The minimum atomic E-state index is -4.07. The topological polar surface area (TPSA) is 75.3 Å². The van der Waals surface area contributed by atoms with Gasteiger partial charge in [-0.15, -0.1) is 0 Å². The van der Waals surface area contributed by atoms with Crippen molar-refractivity contribution in [2.24, 2.45) is 5.92 Å². The fraction of sp³-hybridized carbons (Fsp3) is 0.350. The third kappa shape index (κ3) is 4.98. The van der Waals surface area contributed by atoms with Gasteiger partial charge in [-0.2, -0.15) is 0 Å². The van der Waals surface area contributed by atoms with Crippen molar-refractivity contribution in [1.29, 1.82) is 0 Å². The van der Waals surface area contributed by atoms with Gasteiger partial charge >= 0.3 is 0 Å². The Balaban J connectivity index is 1.81. The maximum absolute atomic E-state index is 14.3. The molecule has 0 heterocycles. The van der Waals surface area contributed by atoms with Crippen LogP contribution in [-0.4, -0.2) is 20.4 Å². The van der Waals surface area contributed by atoms with Crippen molar-refractivity contribution in [1.82, 2.24) is 4.72 Å². The number of carbonyl (C=O) groups excluding carboxylic acids is 1. The molecule has 0 spiro atoms. The number of rotatable bonds is 5. The van der Waals surface area contributed by atoms with Gasteiger partial charge in [-0.25, -0.2) is 17.5 Å². The molecule has 2 N–H and O–H groups in total. The van der Waals surface area contributed by atoms with E-state index in [2.05, 4.69) is 26.0 Å². The van der Waals surface area contributed by atoms with Crippen LogP contribution in [0.25, 0.3) is 0 Å². The third-order valence-electron chi connectivity index (χ3n) is 5.00. The van der Waals surface area contributed by atoms with Crippen LogP contribution in [0.1, 0.15) is 43.0 Å². The molecule has 3 rings (SSSR count). The van der Waals surface area contributed by atoms with E-state index in [4.69, 9.17) is 0 Å². The first kappa shape index (κ1) is 21.0. The molecule has 8 heteroatoms. The summed E-state index contributed by atoms with van der Waals surface area (Å²) < 4.78 is 43.3. The summed E-state index contributed by atoms with van der Waals surface area (Å²) in [6.07, 6.45) is 3.67. The van der Waals surface area contributed by atoms with E-state index in [1.54, 1.807) is 24.3 Å². The van der Waals surface area contributed by atoms with Crippen LogP contribution in [0.15, 0.2) is 51.8 Å². The molecule has 1 fully saturated rings. The summed E-state index contributed by atoms with van der Waals surface area (Å²) in [6.45, 7) is 1.99. The number of sulfonamides is 1. The van der Waals surface area contributed by atoms with Gasteiger partial charge in [0.1, 0.15) is 10.7 Å². The molecule has 2 atom stereocenters. The van der Waals surface area contributed by atoms with Gasteiger partial charge in [-0.1, -0.05) is 35.7 Å². The highest BCUT2D eigenvalue weighted by atomic mass is 79.9. The first-order valence-corrected chi connectivity index (χ1v) is 11.4. The lowest BCUT2D eigenvalue weighted by molar-refractivity contribution is 0.102. The van der Waals surface area contributed by atoms with Gasteiger partial charge in [0.05, 0.1) is 0 Å². The summed E-state index contributed by atoms with van der Waals surface area (Å²) >= 11 is 3.31. The number of carbonyl (C=O) groups is 1. The quantitative estimate of drug-likeness (QED) is 0.667. The van der Waals surface area contributed by atoms with Gasteiger partial charge in [-0.05, 0) is 61.2 Å². The monoisotopic (exact) mass is 468 g/mol. The fourth-order valence-corrected chi connectivity index (χ4v) is 5.09. The zero-order valence-electron chi connectivity index (χ0n) is 15.4. The molecular formula is C20H22BrFN2O3S. The molecule has 0 unspecified atom stereocenters. The van der Waals surface area contributed by atoms with Crippen molar-refractivity contribution in [3.8, 4) is 0 Å². The van der Waals surface area contributed by atoms with Crippen LogP contribution >= 0.6 is 15.9 Å². The van der Waals surface area contributed by atoms with Crippen molar-refractivity contribution in [2.45, 2.75) is 43.5 Å². The maximum Gasteiger partial charge on any atom is 0.255 e. The van der Waals surface area contributed by atoms with Gasteiger partial charge in [0.25, 0.3) is 5.91 Å². The molecule has 1 aliphatic rings. The molecule has 0 radical (unpaired) electrons. The minimum absolute atomic E-state index is 0.0707. The van der Waals surface area contributed by atoms with Crippen LogP contribution in [0, 0.1) is 11.7 Å². The van der Waals surface area contributed by atoms with Crippen molar-refractivity contribution in [3.05, 3.63) is 58.3 Å². The molecule has 2 aromatic rings. The summed E-state index contributed by atoms with van der Waals surface area (Å²) in [6, 6.07) is 10.1. The zero-order valence-corrected chi connectivity index (χ0v) is 17.8. The standard InChI is InChI=1S/C20H22BrFN2O3S/c1-13-4-2-3-5-18(13)24-28(26,27)19-12-14(6-11-17(19)22)20(25)23-16-9-7-15(21)8-10-16/h6-13,18,24H,2-5H2,1H3,(H,23,25)/t13-,18-/m0/s1. The molecule has 2 aromatic carbocycles. The lowest BCUT2D eigenvalue weighted by atomic mass is 9.87. The van der Waals surface area contributed by atoms with Crippen LogP contribution in [0.4, 0.5) is 10.1 Å². The summed E-state index contributed by atoms with van der Waals surface area (Å²) in [4.78, 5) is 12.0. The second-order valence-corrected chi connectivity index (χ2v) is 9.69. The lowest BCUT2D eigenvalue weighted by Crippen LogP contribution is -2.41. The van der Waals surface area contributed by atoms with Gasteiger partial charge < -0.3 is 5.32 Å². The normalized spacial score (nSPS) is 20.0. The predicted octanol–water partition coefficient (Wildman–Crippen LogP) is 4.70.